The standard InChI is InChI=1S/C19H26N2O2S2/c1-15-5-6-18(14-16(15)2)25(22,23)20-9-12-21-10-7-17(8-11-21)19-4-3-13-24-19/h3-6,13-14,17,20H,7-12H2,1-2H3. The van der Waals surface area contributed by atoms with E-state index in [0.29, 0.717) is 17.4 Å². The molecule has 1 aromatic carbocycles. The molecule has 136 valence electrons. The Bertz CT molecular complexity index is 793. The summed E-state index contributed by atoms with van der Waals surface area (Å²) in [5.74, 6) is 0.670. The molecule has 0 unspecified atom stereocenters. The van der Waals surface area contributed by atoms with Crippen LogP contribution < -0.4 is 4.72 Å². The molecule has 2 heterocycles. The zero-order valence-electron chi connectivity index (χ0n) is 14.9. The number of nitrogens with zero attached hydrogens (tertiary/aromatic N) is 1. The molecular weight excluding hydrogens is 352 g/mol. The summed E-state index contributed by atoms with van der Waals surface area (Å²) in [7, 11) is -3.42. The number of nitrogens with one attached hydrogen (secondary N) is 1. The van der Waals surface area contributed by atoms with Crippen LogP contribution in [-0.2, 0) is 10.0 Å². The van der Waals surface area contributed by atoms with Crippen LogP contribution in [0.2, 0.25) is 0 Å². The van der Waals surface area contributed by atoms with Gasteiger partial charge in [0.15, 0.2) is 0 Å². The Morgan fingerprint density at radius 3 is 2.56 bits per heavy atom. The quantitative estimate of drug-likeness (QED) is 0.837. The number of piperidine rings is 1. The topological polar surface area (TPSA) is 49.4 Å². The molecule has 1 aliphatic heterocycles. The normalized spacial score (nSPS) is 17.0. The van der Waals surface area contributed by atoms with Crippen LogP contribution in [0.25, 0.3) is 0 Å². The van der Waals surface area contributed by atoms with Crippen LogP contribution in [0.1, 0.15) is 34.8 Å². The first-order valence-corrected chi connectivity index (χ1v) is 11.1. The molecule has 1 N–H and O–H groups in total. The highest BCUT2D eigenvalue weighted by molar-refractivity contribution is 7.89. The summed E-state index contributed by atoms with van der Waals surface area (Å²) in [4.78, 5) is 4.19. The van der Waals surface area contributed by atoms with E-state index in [1.165, 1.54) is 4.88 Å². The fourth-order valence-corrected chi connectivity index (χ4v) is 5.27. The summed E-state index contributed by atoms with van der Waals surface area (Å²) in [6, 6.07) is 9.62. The first-order chi connectivity index (χ1) is 12.0. The second kappa shape index (κ2) is 7.99. The molecule has 0 saturated carbocycles. The molecule has 3 rings (SSSR count). The number of likely N-dealkylation sites (tertiary alicyclic amines) is 1. The Hall–Kier alpha value is -1.21. The van der Waals surface area contributed by atoms with E-state index in [4.69, 9.17) is 0 Å². The molecule has 1 aliphatic rings. The van der Waals surface area contributed by atoms with Gasteiger partial charge in [0.1, 0.15) is 0 Å². The van der Waals surface area contributed by atoms with Crippen LogP contribution in [0, 0.1) is 13.8 Å². The first kappa shape index (κ1) is 18.6. The summed E-state index contributed by atoms with van der Waals surface area (Å²) >= 11 is 1.84. The molecule has 0 radical (unpaired) electrons. The van der Waals surface area contributed by atoms with Gasteiger partial charge in [-0.2, -0.15) is 0 Å². The van der Waals surface area contributed by atoms with E-state index in [1.807, 2.05) is 31.3 Å². The minimum Gasteiger partial charge on any atom is -0.302 e. The molecule has 2 aromatic rings. The van der Waals surface area contributed by atoms with Crippen molar-refractivity contribution < 1.29 is 8.42 Å². The molecule has 0 aliphatic carbocycles. The van der Waals surface area contributed by atoms with E-state index in [-0.39, 0.29) is 0 Å². The van der Waals surface area contributed by atoms with Crippen molar-refractivity contribution in [3.05, 3.63) is 51.7 Å². The number of benzene rings is 1. The van der Waals surface area contributed by atoms with Crippen molar-refractivity contribution in [3.8, 4) is 0 Å². The second-order valence-corrected chi connectivity index (χ2v) is 9.52. The summed E-state index contributed by atoms with van der Waals surface area (Å²) in [6.45, 7) is 7.22. The van der Waals surface area contributed by atoms with Crippen LogP contribution in [-0.4, -0.2) is 39.5 Å². The van der Waals surface area contributed by atoms with Crippen LogP contribution in [0.5, 0.6) is 0 Å². The van der Waals surface area contributed by atoms with E-state index in [9.17, 15) is 8.42 Å². The summed E-state index contributed by atoms with van der Waals surface area (Å²) in [5.41, 5.74) is 2.10. The predicted molar refractivity (Wildman–Crippen MR) is 104 cm³/mol. The molecule has 1 aromatic heterocycles. The van der Waals surface area contributed by atoms with Crippen molar-refractivity contribution in [2.45, 2.75) is 37.5 Å². The fraction of sp³-hybridized carbons (Fsp3) is 0.474. The van der Waals surface area contributed by atoms with Crippen molar-refractivity contribution in [3.63, 3.8) is 0 Å². The van der Waals surface area contributed by atoms with E-state index >= 15 is 0 Å². The molecule has 0 amide bonds. The third kappa shape index (κ3) is 4.70. The van der Waals surface area contributed by atoms with Gasteiger partial charge >= 0.3 is 0 Å². The van der Waals surface area contributed by atoms with Crippen LogP contribution >= 0.6 is 11.3 Å². The van der Waals surface area contributed by atoms with E-state index in [1.54, 1.807) is 12.1 Å². The molecule has 0 spiro atoms. The van der Waals surface area contributed by atoms with Gasteiger partial charge in [-0.1, -0.05) is 12.1 Å². The molecule has 0 atom stereocenters. The number of sulfonamides is 1. The number of thiophene rings is 1. The van der Waals surface area contributed by atoms with Gasteiger partial charge in [0.25, 0.3) is 0 Å². The van der Waals surface area contributed by atoms with Crippen LogP contribution in [0.4, 0.5) is 0 Å². The van der Waals surface area contributed by atoms with Crippen molar-refractivity contribution in [2.75, 3.05) is 26.2 Å². The monoisotopic (exact) mass is 378 g/mol. The molecule has 1 fully saturated rings. The summed E-state index contributed by atoms with van der Waals surface area (Å²) < 4.78 is 27.6. The predicted octanol–water partition coefficient (Wildman–Crippen LogP) is 3.52. The highest BCUT2D eigenvalue weighted by Gasteiger charge is 2.21. The lowest BCUT2D eigenvalue weighted by Crippen LogP contribution is -2.39. The van der Waals surface area contributed by atoms with Crippen molar-refractivity contribution in [1.82, 2.24) is 9.62 Å². The van der Waals surface area contributed by atoms with Crippen molar-refractivity contribution in [2.24, 2.45) is 0 Å². The maximum Gasteiger partial charge on any atom is 0.240 e. The third-order valence-corrected chi connectivity index (χ3v) is 7.54. The Kier molecular flexibility index (Phi) is 5.94. The van der Waals surface area contributed by atoms with Crippen molar-refractivity contribution in [1.29, 1.82) is 0 Å². The number of hydrogen-bond donors (Lipinski definition) is 1. The van der Waals surface area contributed by atoms with Gasteiger partial charge < -0.3 is 4.90 Å². The molecule has 25 heavy (non-hydrogen) atoms. The first-order valence-electron chi connectivity index (χ1n) is 8.78. The Morgan fingerprint density at radius 1 is 1.16 bits per heavy atom. The minimum atomic E-state index is -3.42. The van der Waals surface area contributed by atoms with Gasteiger partial charge in [0.05, 0.1) is 4.90 Å². The zero-order valence-corrected chi connectivity index (χ0v) is 16.5. The Labute approximate surface area is 154 Å². The zero-order chi connectivity index (χ0) is 17.9. The molecule has 4 nitrogen and oxygen atoms in total. The van der Waals surface area contributed by atoms with E-state index in [0.717, 1.165) is 43.6 Å². The summed E-state index contributed by atoms with van der Waals surface area (Å²) in [6.07, 6.45) is 2.31. The van der Waals surface area contributed by atoms with Gasteiger partial charge in [-0.25, -0.2) is 13.1 Å². The third-order valence-electron chi connectivity index (χ3n) is 5.04. The van der Waals surface area contributed by atoms with E-state index in [2.05, 4.69) is 27.1 Å². The number of hydrogen-bond acceptors (Lipinski definition) is 4. The maximum atomic E-state index is 12.4. The van der Waals surface area contributed by atoms with Gasteiger partial charge in [-0.15, -0.1) is 11.3 Å². The molecule has 6 heteroatoms. The number of rotatable bonds is 6. The average molecular weight is 379 g/mol. The van der Waals surface area contributed by atoms with Crippen LogP contribution in [0.3, 0.4) is 0 Å². The lowest BCUT2D eigenvalue weighted by Gasteiger charge is -2.31. The Balaban J connectivity index is 1.47. The fourth-order valence-electron chi connectivity index (χ4n) is 3.27. The van der Waals surface area contributed by atoms with Crippen molar-refractivity contribution >= 4 is 21.4 Å². The number of aryl methyl sites for hydroxylation is 2. The average Bonchev–Trinajstić information content (AvgIpc) is 3.12. The smallest absolute Gasteiger partial charge is 0.240 e. The lowest BCUT2D eigenvalue weighted by molar-refractivity contribution is 0.217. The molecule has 0 bridgehead atoms. The summed E-state index contributed by atoms with van der Waals surface area (Å²) in [5, 5.41) is 2.14. The van der Waals surface area contributed by atoms with Gasteiger partial charge in [-0.3, -0.25) is 0 Å². The van der Waals surface area contributed by atoms with E-state index < -0.39 is 10.0 Å². The minimum absolute atomic E-state index is 0.354. The SMILES string of the molecule is Cc1ccc(S(=O)(=O)NCCN2CCC(c3cccs3)CC2)cc1C. The van der Waals surface area contributed by atoms with Crippen LogP contribution in [0.15, 0.2) is 40.6 Å². The lowest BCUT2D eigenvalue weighted by atomic mass is 9.95. The highest BCUT2D eigenvalue weighted by Crippen LogP contribution is 2.30. The van der Waals surface area contributed by atoms with Gasteiger partial charge in [0, 0.05) is 18.0 Å². The Morgan fingerprint density at radius 2 is 1.92 bits per heavy atom. The largest absolute Gasteiger partial charge is 0.302 e. The van der Waals surface area contributed by atoms with Gasteiger partial charge in [-0.05, 0) is 80.4 Å². The van der Waals surface area contributed by atoms with Gasteiger partial charge in [0.2, 0.25) is 10.0 Å². The maximum absolute atomic E-state index is 12.4. The highest BCUT2D eigenvalue weighted by atomic mass is 32.2. The molecular formula is C19H26N2O2S2. The molecule has 1 saturated heterocycles. The second-order valence-electron chi connectivity index (χ2n) is 6.78.